The summed E-state index contributed by atoms with van der Waals surface area (Å²) >= 11 is 0. The molecule has 0 aliphatic carbocycles. The Bertz CT molecular complexity index is 1560. The predicted octanol–water partition coefficient (Wildman–Crippen LogP) is 5.09. The molecule has 0 fully saturated rings. The molecule has 4 aromatic carbocycles. The fourth-order valence-electron chi connectivity index (χ4n) is 4.58. The molecule has 0 radical (unpaired) electrons. The molecule has 1 aliphatic heterocycles. The van der Waals surface area contributed by atoms with Crippen LogP contribution in [0.5, 0.6) is 17.2 Å². The molecular formula is C26H18N2O4. The minimum absolute atomic E-state index is 0.0205. The molecular weight excluding hydrogens is 404 g/mol. The number of phenolic OH excluding ortho intramolecular Hbond substituents is 1. The van der Waals surface area contributed by atoms with Crippen LogP contribution in [0.25, 0.3) is 32.8 Å². The first-order valence-electron chi connectivity index (χ1n) is 10.3. The first-order valence-corrected chi connectivity index (χ1v) is 10.3. The van der Waals surface area contributed by atoms with E-state index in [9.17, 15) is 9.90 Å². The lowest BCUT2D eigenvalue weighted by Crippen LogP contribution is -2.22. The fourth-order valence-corrected chi connectivity index (χ4v) is 4.58. The number of carbonyl (C=O) groups excluding carboxylic acids is 1. The van der Waals surface area contributed by atoms with Crippen molar-refractivity contribution in [1.29, 1.82) is 0 Å². The second kappa shape index (κ2) is 6.92. The van der Waals surface area contributed by atoms with E-state index in [0.29, 0.717) is 17.0 Å². The quantitative estimate of drug-likeness (QED) is 0.185. The highest BCUT2D eigenvalue weighted by Crippen LogP contribution is 2.48. The van der Waals surface area contributed by atoms with Gasteiger partial charge in [0.2, 0.25) is 0 Å². The lowest BCUT2D eigenvalue weighted by molar-refractivity contribution is -0.135. The van der Waals surface area contributed by atoms with Gasteiger partial charge in [-0.15, -0.1) is 0 Å². The number of aromatic nitrogens is 2. The van der Waals surface area contributed by atoms with Crippen LogP contribution in [0.4, 0.5) is 0 Å². The van der Waals surface area contributed by atoms with E-state index in [1.165, 1.54) is 7.11 Å². The monoisotopic (exact) mass is 422 g/mol. The third-order valence-electron chi connectivity index (χ3n) is 6.04. The molecule has 0 saturated heterocycles. The Morgan fingerprint density at radius 2 is 1.62 bits per heavy atom. The van der Waals surface area contributed by atoms with Crippen molar-refractivity contribution in [3.63, 3.8) is 0 Å². The van der Waals surface area contributed by atoms with E-state index in [-0.39, 0.29) is 24.1 Å². The summed E-state index contributed by atoms with van der Waals surface area (Å²) in [4.78, 5) is 22.6. The third-order valence-corrected chi connectivity index (χ3v) is 6.04. The van der Waals surface area contributed by atoms with Crippen molar-refractivity contribution in [3.8, 4) is 17.2 Å². The first-order chi connectivity index (χ1) is 15.6. The van der Waals surface area contributed by atoms with Gasteiger partial charge >= 0.3 is 5.97 Å². The number of benzene rings is 4. The van der Waals surface area contributed by atoms with Crippen LogP contribution in [0, 0.1) is 0 Å². The highest BCUT2D eigenvalue weighted by Gasteiger charge is 2.34. The Balaban J connectivity index is 1.74. The Morgan fingerprint density at radius 3 is 2.34 bits per heavy atom. The van der Waals surface area contributed by atoms with Crippen LogP contribution in [0.3, 0.4) is 0 Å². The number of nitrogens with zero attached hydrogens (tertiary/aromatic N) is 2. The normalized spacial score (nSPS) is 15.7. The molecule has 156 valence electrons. The van der Waals surface area contributed by atoms with E-state index in [1.807, 2.05) is 54.6 Å². The summed E-state index contributed by atoms with van der Waals surface area (Å²) in [5, 5.41) is 12.1. The average molecular weight is 422 g/mol. The number of methoxy groups -OCH3 is 1. The molecule has 0 unspecified atom stereocenters. The van der Waals surface area contributed by atoms with Gasteiger partial charge in [0.05, 0.1) is 35.6 Å². The van der Waals surface area contributed by atoms with Gasteiger partial charge in [0.1, 0.15) is 5.75 Å². The molecule has 6 nitrogen and oxygen atoms in total. The second-order valence-corrected chi connectivity index (χ2v) is 7.86. The number of para-hydroxylation sites is 2. The van der Waals surface area contributed by atoms with E-state index in [1.54, 1.807) is 12.1 Å². The van der Waals surface area contributed by atoms with Gasteiger partial charge in [-0.25, -0.2) is 9.97 Å². The van der Waals surface area contributed by atoms with Crippen LogP contribution >= 0.6 is 0 Å². The highest BCUT2D eigenvalue weighted by molar-refractivity contribution is 6.12. The second-order valence-electron chi connectivity index (χ2n) is 7.86. The van der Waals surface area contributed by atoms with E-state index < -0.39 is 0 Å². The summed E-state index contributed by atoms with van der Waals surface area (Å²) in [5.41, 5.74) is 4.63. The van der Waals surface area contributed by atoms with Crippen molar-refractivity contribution in [1.82, 2.24) is 9.97 Å². The van der Waals surface area contributed by atoms with Gasteiger partial charge < -0.3 is 14.6 Å². The van der Waals surface area contributed by atoms with Gasteiger partial charge in [-0.05, 0) is 29.8 Å². The van der Waals surface area contributed by atoms with Crippen LogP contribution in [-0.2, 0) is 4.79 Å². The SMILES string of the molecule is COc1ccc([C@@H]2CC(=O)Oc3c2c2nc4ccccc4nc2c2ccccc32)cc1O. The summed E-state index contributed by atoms with van der Waals surface area (Å²) < 4.78 is 11.0. The number of fused-ring (bicyclic) bond motifs is 7. The van der Waals surface area contributed by atoms with Gasteiger partial charge in [-0.3, -0.25) is 4.79 Å². The number of hydrogen-bond acceptors (Lipinski definition) is 6. The van der Waals surface area contributed by atoms with Crippen LogP contribution in [0.1, 0.15) is 23.5 Å². The van der Waals surface area contributed by atoms with Crippen molar-refractivity contribution in [2.75, 3.05) is 7.11 Å². The largest absolute Gasteiger partial charge is 0.504 e. The summed E-state index contributed by atoms with van der Waals surface area (Å²) in [6.45, 7) is 0. The lowest BCUT2D eigenvalue weighted by atomic mass is 9.83. The molecule has 2 heterocycles. The molecule has 6 rings (SSSR count). The zero-order chi connectivity index (χ0) is 21.8. The molecule has 1 N–H and O–H groups in total. The Morgan fingerprint density at radius 1 is 0.938 bits per heavy atom. The number of rotatable bonds is 2. The van der Waals surface area contributed by atoms with E-state index in [4.69, 9.17) is 19.4 Å². The molecule has 5 aromatic rings. The highest BCUT2D eigenvalue weighted by atomic mass is 16.5. The molecule has 0 saturated carbocycles. The molecule has 0 bridgehead atoms. The summed E-state index contributed by atoms with van der Waals surface area (Å²) in [5.74, 6) is 0.240. The van der Waals surface area contributed by atoms with Crippen LogP contribution in [0.2, 0.25) is 0 Å². The number of esters is 1. The minimum Gasteiger partial charge on any atom is -0.504 e. The molecule has 1 aromatic heterocycles. The van der Waals surface area contributed by atoms with Crippen LogP contribution < -0.4 is 9.47 Å². The first kappa shape index (κ1) is 18.6. The zero-order valence-corrected chi connectivity index (χ0v) is 17.2. The Hall–Kier alpha value is -4.19. The minimum atomic E-state index is -0.342. The molecule has 6 heteroatoms. The van der Waals surface area contributed by atoms with Crippen molar-refractivity contribution < 1.29 is 19.4 Å². The van der Waals surface area contributed by atoms with Gasteiger partial charge in [-0.1, -0.05) is 42.5 Å². The van der Waals surface area contributed by atoms with E-state index in [0.717, 1.165) is 38.4 Å². The number of phenols is 1. The maximum absolute atomic E-state index is 12.7. The zero-order valence-electron chi connectivity index (χ0n) is 17.2. The number of carbonyl (C=O) groups is 1. The number of ether oxygens (including phenoxy) is 2. The maximum atomic E-state index is 12.7. The molecule has 0 amide bonds. The van der Waals surface area contributed by atoms with Crippen molar-refractivity contribution >= 4 is 38.8 Å². The Kier molecular flexibility index (Phi) is 4.01. The summed E-state index contributed by atoms with van der Waals surface area (Å²) in [6, 6.07) is 20.7. The van der Waals surface area contributed by atoms with E-state index in [2.05, 4.69) is 0 Å². The fraction of sp³-hybridized carbons (Fsp3) is 0.115. The van der Waals surface area contributed by atoms with Gasteiger partial charge in [-0.2, -0.15) is 0 Å². The molecule has 1 atom stereocenters. The van der Waals surface area contributed by atoms with Crippen LogP contribution in [-0.4, -0.2) is 28.2 Å². The summed E-state index contributed by atoms with van der Waals surface area (Å²) in [6.07, 6.45) is 0.140. The van der Waals surface area contributed by atoms with Gasteiger partial charge in [0, 0.05) is 22.3 Å². The third kappa shape index (κ3) is 2.69. The predicted molar refractivity (Wildman–Crippen MR) is 121 cm³/mol. The number of hydrogen-bond donors (Lipinski definition) is 1. The van der Waals surface area contributed by atoms with Gasteiger partial charge in [0.25, 0.3) is 0 Å². The Labute approximate surface area is 183 Å². The molecule has 1 aliphatic rings. The van der Waals surface area contributed by atoms with Crippen LogP contribution in [0.15, 0.2) is 66.7 Å². The number of aromatic hydroxyl groups is 1. The van der Waals surface area contributed by atoms with E-state index >= 15 is 0 Å². The molecule has 32 heavy (non-hydrogen) atoms. The van der Waals surface area contributed by atoms with Crippen molar-refractivity contribution in [3.05, 3.63) is 77.9 Å². The molecule has 0 spiro atoms. The average Bonchev–Trinajstić information content (AvgIpc) is 2.82. The lowest BCUT2D eigenvalue weighted by Gasteiger charge is -2.27. The van der Waals surface area contributed by atoms with Gasteiger partial charge in [0.15, 0.2) is 11.5 Å². The maximum Gasteiger partial charge on any atom is 0.312 e. The topological polar surface area (TPSA) is 81.5 Å². The van der Waals surface area contributed by atoms with Crippen molar-refractivity contribution in [2.45, 2.75) is 12.3 Å². The standard InChI is InChI=1S/C26H18N2O4/c1-31-21-11-10-14(12-20(21)29)17-13-22(30)32-26-16-7-3-2-6-15(16)24-25(23(17)26)28-19-9-5-4-8-18(19)27-24/h2-12,17,29H,13H2,1H3/t17-/m0/s1. The smallest absolute Gasteiger partial charge is 0.312 e. The van der Waals surface area contributed by atoms with Crippen molar-refractivity contribution in [2.24, 2.45) is 0 Å². The summed E-state index contributed by atoms with van der Waals surface area (Å²) in [7, 11) is 1.50.